The number of fused-ring (bicyclic) bond motifs is 1. The smallest absolute Gasteiger partial charge is 0.160 e. The van der Waals surface area contributed by atoms with E-state index < -0.39 is 0 Å². The van der Waals surface area contributed by atoms with Crippen molar-refractivity contribution in [3.05, 3.63) is 249 Å². The van der Waals surface area contributed by atoms with Crippen LogP contribution in [0.25, 0.3) is 112 Å². The van der Waals surface area contributed by atoms with Crippen molar-refractivity contribution in [3.63, 3.8) is 0 Å². The molecular weight excluding hydrogens is 775 g/mol. The molecule has 11 rings (SSSR count). The minimum Gasteiger partial charge on any atom is -0.256 e. The number of aromatic nitrogens is 3. The average Bonchev–Trinajstić information content (AvgIpc) is 3.39. The van der Waals surface area contributed by atoms with Gasteiger partial charge < -0.3 is 0 Å². The molecule has 300 valence electrons. The van der Waals surface area contributed by atoms with E-state index in [2.05, 4.69) is 237 Å². The van der Waals surface area contributed by atoms with E-state index in [1.165, 1.54) is 11.1 Å². The van der Waals surface area contributed by atoms with E-state index >= 15 is 0 Å². The third-order valence-corrected chi connectivity index (χ3v) is 11.9. The van der Waals surface area contributed by atoms with E-state index in [4.69, 9.17) is 15.0 Å². The first-order chi connectivity index (χ1) is 31.7. The Labute approximate surface area is 373 Å². The molecule has 0 saturated carbocycles. The zero-order valence-corrected chi connectivity index (χ0v) is 35.0. The van der Waals surface area contributed by atoms with Gasteiger partial charge in [-0.2, -0.15) is 0 Å². The molecule has 0 aliphatic carbocycles. The third kappa shape index (κ3) is 8.02. The van der Waals surface area contributed by atoms with Crippen LogP contribution in [0.3, 0.4) is 0 Å². The van der Waals surface area contributed by atoms with E-state index in [0.717, 1.165) is 94.6 Å². The lowest BCUT2D eigenvalue weighted by Gasteiger charge is -2.15. The predicted molar refractivity (Wildman–Crippen MR) is 266 cm³/mol. The Bertz CT molecular complexity index is 3360. The molecule has 0 aliphatic heterocycles. The fraction of sp³-hybridized carbons (Fsp3) is 0. The van der Waals surface area contributed by atoms with Gasteiger partial charge >= 0.3 is 0 Å². The molecule has 0 aliphatic rings. The van der Waals surface area contributed by atoms with Crippen LogP contribution in [-0.2, 0) is 0 Å². The SMILES string of the molecule is c1ccc(-c2cccc(-c3cc(-c4ccccc4)cc(-c4cc(-c5cc(-c6ccccc6)cc(-c6ccccc6)c5)nc(-c5cccc(-c6cc7ccccc7cn6)c5)n4)c3)c2)cc1. The van der Waals surface area contributed by atoms with Crippen molar-refractivity contribution in [2.75, 3.05) is 0 Å². The molecule has 2 aromatic heterocycles. The summed E-state index contributed by atoms with van der Waals surface area (Å²) in [4.78, 5) is 15.8. The number of benzene rings is 9. The van der Waals surface area contributed by atoms with Crippen molar-refractivity contribution in [1.29, 1.82) is 0 Å². The standard InChI is InChI=1S/C61H41N3/c1-5-17-42(18-6-1)46-27-15-28-47(31-46)55-34-54(45-23-11-4-12-24-45)37-57(38-55)60-40-59(56-35-52(43-19-7-2-8-20-43)33-53(36-56)44-21-9-3-10-22-44)63-61(64-60)50-30-16-29-49(32-50)58-39-48-25-13-14-26-51(48)41-62-58/h1-41H. The Morgan fingerprint density at radius 3 is 1.06 bits per heavy atom. The first-order valence-electron chi connectivity index (χ1n) is 21.6. The lowest BCUT2D eigenvalue weighted by molar-refractivity contribution is 1.18. The Balaban J connectivity index is 1.13. The maximum absolute atomic E-state index is 5.45. The molecule has 0 amide bonds. The van der Waals surface area contributed by atoms with Gasteiger partial charge in [-0.1, -0.05) is 182 Å². The fourth-order valence-corrected chi connectivity index (χ4v) is 8.55. The van der Waals surface area contributed by atoms with Crippen LogP contribution in [0.2, 0.25) is 0 Å². The van der Waals surface area contributed by atoms with Gasteiger partial charge in [-0.05, 0) is 122 Å². The Morgan fingerprint density at radius 1 is 0.203 bits per heavy atom. The van der Waals surface area contributed by atoms with Gasteiger partial charge in [0.15, 0.2) is 5.82 Å². The van der Waals surface area contributed by atoms with Crippen molar-refractivity contribution >= 4 is 10.8 Å². The zero-order valence-electron chi connectivity index (χ0n) is 35.0. The third-order valence-electron chi connectivity index (χ3n) is 11.9. The highest BCUT2D eigenvalue weighted by Crippen LogP contribution is 2.38. The second-order valence-corrected chi connectivity index (χ2v) is 16.1. The summed E-state index contributed by atoms with van der Waals surface area (Å²) in [5.74, 6) is 0.638. The lowest BCUT2D eigenvalue weighted by atomic mass is 9.92. The summed E-state index contributed by atoms with van der Waals surface area (Å²) in [7, 11) is 0. The van der Waals surface area contributed by atoms with E-state index in [9.17, 15) is 0 Å². The second-order valence-electron chi connectivity index (χ2n) is 16.1. The van der Waals surface area contributed by atoms with Gasteiger partial charge in [0.1, 0.15) is 0 Å². The quantitative estimate of drug-likeness (QED) is 0.146. The van der Waals surface area contributed by atoms with E-state index in [1.54, 1.807) is 0 Å². The van der Waals surface area contributed by atoms with E-state index in [0.29, 0.717) is 5.82 Å². The molecule has 11 aromatic rings. The van der Waals surface area contributed by atoms with Gasteiger partial charge in [0.05, 0.1) is 17.1 Å². The average molecular weight is 816 g/mol. The van der Waals surface area contributed by atoms with Crippen LogP contribution < -0.4 is 0 Å². The fourth-order valence-electron chi connectivity index (χ4n) is 8.55. The number of hydrogen-bond acceptors (Lipinski definition) is 3. The summed E-state index contributed by atoms with van der Waals surface area (Å²) in [5, 5.41) is 2.26. The van der Waals surface area contributed by atoms with Crippen LogP contribution in [-0.4, -0.2) is 15.0 Å². The minimum absolute atomic E-state index is 0.638. The van der Waals surface area contributed by atoms with Gasteiger partial charge in [0.2, 0.25) is 0 Å². The molecule has 0 spiro atoms. The molecule has 9 aromatic carbocycles. The molecule has 64 heavy (non-hydrogen) atoms. The normalized spacial score (nSPS) is 11.1. The van der Waals surface area contributed by atoms with E-state index in [-0.39, 0.29) is 0 Å². The number of pyridine rings is 1. The van der Waals surface area contributed by atoms with Gasteiger partial charge in [-0.25, -0.2) is 9.97 Å². The van der Waals surface area contributed by atoms with Crippen LogP contribution in [0, 0.1) is 0 Å². The number of rotatable bonds is 9. The topological polar surface area (TPSA) is 38.7 Å². The van der Waals surface area contributed by atoms with E-state index in [1.807, 2.05) is 12.3 Å². The van der Waals surface area contributed by atoms with Gasteiger partial charge in [0.25, 0.3) is 0 Å². The Kier molecular flexibility index (Phi) is 10.3. The second kappa shape index (κ2) is 17.1. The molecule has 2 heterocycles. The highest BCUT2D eigenvalue weighted by molar-refractivity contribution is 5.88. The first kappa shape index (κ1) is 38.4. The maximum atomic E-state index is 5.45. The Morgan fingerprint density at radius 2 is 0.547 bits per heavy atom. The zero-order chi connectivity index (χ0) is 42.7. The molecule has 0 fully saturated rings. The van der Waals surface area contributed by atoms with Crippen molar-refractivity contribution in [1.82, 2.24) is 15.0 Å². The van der Waals surface area contributed by atoms with Crippen LogP contribution >= 0.6 is 0 Å². The highest BCUT2D eigenvalue weighted by atomic mass is 14.9. The highest BCUT2D eigenvalue weighted by Gasteiger charge is 2.17. The summed E-state index contributed by atoms with van der Waals surface area (Å²) < 4.78 is 0. The molecule has 3 nitrogen and oxygen atoms in total. The van der Waals surface area contributed by atoms with Gasteiger partial charge in [0, 0.05) is 33.8 Å². The van der Waals surface area contributed by atoms with Crippen LogP contribution in [0.15, 0.2) is 249 Å². The molecule has 0 atom stereocenters. The summed E-state index contributed by atoms with van der Waals surface area (Å²) in [5.41, 5.74) is 17.9. The first-order valence-corrected chi connectivity index (χ1v) is 21.6. The van der Waals surface area contributed by atoms with Crippen LogP contribution in [0.4, 0.5) is 0 Å². The largest absolute Gasteiger partial charge is 0.256 e. The minimum atomic E-state index is 0.638. The summed E-state index contributed by atoms with van der Waals surface area (Å²) in [6.45, 7) is 0. The summed E-state index contributed by atoms with van der Waals surface area (Å²) in [6, 6.07) is 85.9. The van der Waals surface area contributed by atoms with Gasteiger partial charge in [-0.3, -0.25) is 4.98 Å². The maximum Gasteiger partial charge on any atom is 0.160 e. The van der Waals surface area contributed by atoms with Crippen LogP contribution in [0.5, 0.6) is 0 Å². The molecule has 0 radical (unpaired) electrons. The number of hydrogen-bond donors (Lipinski definition) is 0. The van der Waals surface area contributed by atoms with Gasteiger partial charge in [-0.15, -0.1) is 0 Å². The molecule has 0 unspecified atom stereocenters. The molecule has 0 N–H and O–H groups in total. The molecule has 0 bridgehead atoms. The summed E-state index contributed by atoms with van der Waals surface area (Å²) in [6.07, 6.45) is 1.95. The monoisotopic (exact) mass is 815 g/mol. The molecule has 3 heteroatoms. The van der Waals surface area contributed by atoms with Crippen molar-refractivity contribution in [2.45, 2.75) is 0 Å². The molecule has 0 saturated heterocycles. The van der Waals surface area contributed by atoms with Crippen molar-refractivity contribution < 1.29 is 0 Å². The lowest BCUT2D eigenvalue weighted by Crippen LogP contribution is -1.98. The molecular formula is C61H41N3. The van der Waals surface area contributed by atoms with Crippen molar-refractivity contribution in [3.8, 4) is 101 Å². The van der Waals surface area contributed by atoms with Crippen molar-refractivity contribution in [2.24, 2.45) is 0 Å². The summed E-state index contributed by atoms with van der Waals surface area (Å²) >= 11 is 0. The predicted octanol–water partition coefficient (Wildman–Crippen LogP) is 16.0. The number of nitrogens with zero attached hydrogens (tertiary/aromatic N) is 3. The van der Waals surface area contributed by atoms with Crippen LogP contribution in [0.1, 0.15) is 0 Å². The Hall–Kier alpha value is -8.53.